The highest BCUT2D eigenvalue weighted by molar-refractivity contribution is 6.35. The molecule has 1 aromatic heterocycles. The monoisotopic (exact) mass is 428 g/mol. The number of piperidine rings is 1. The molecule has 2 aliphatic rings. The molecule has 5 nitrogen and oxygen atoms in total. The van der Waals surface area contributed by atoms with Gasteiger partial charge in [0.25, 0.3) is 0 Å². The molecule has 2 unspecified atom stereocenters. The Morgan fingerprint density at radius 3 is 2.67 bits per heavy atom. The van der Waals surface area contributed by atoms with E-state index in [0.29, 0.717) is 46.8 Å². The maximum atomic E-state index is 12.5. The van der Waals surface area contributed by atoms with E-state index in [1.165, 1.54) is 12.8 Å². The molecule has 2 aromatic rings. The largest absolute Gasteiger partial charge is 0.311 e. The molecule has 3 heterocycles. The molecular weight excluding hydrogens is 407 g/mol. The standard InChI is InChI=1S/C19H22Cl2N4O.ClH/c20-14-2-1-13(17(21)10-14)11-25-18(5-6-22-25)24-19(26)9-12-7-15-3-4-16(8-12)23-15;/h1-2,5-6,10,12,15-16,23H,3-4,7-9,11H2,(H,24,26);1H. The molecule has 0 radical (unpaired) electrons. The van der Waals surface area contributed by atoms with Crippen LogP contribution < -0.4 is 10.6 Å². The van der Waals surface area contributed by atoms with Gasteiger partial charge in [-0.05, 0) is 49.3 Å². The van der Waals surface area contributed by atoms with Crippen molar-refractivity contribution in [2.24, 2.45) is 5.92 Å². The minimum absolute atomic E-state index is 0. The number of anilines is 1. The second-order valence-corrected chi connectivity index (χ2v) is 8.18. The van der Waals surface area contributed by atoms with Gasteiger partial charge in [-0.2, -0.15) is 5.10 Å². The average molecular weight is 430 g/mol. The number of benzene rings is 1. The van der Waals surface area contributed by atoms with Gasteiger partial charge < -0.3 is 10.6 Å². The van der Waals surface area contributed by atoms with Crippen LogP contribution >= 0.6 is 35.6 Å². The third-order valence-electron chi connectivity index (χ3n) is 5.36. The van der Waals surface area contributed by atoms with Crippen molar-refractivity contribution in [1.82, 2.24) is 15.1 Å². The molecule has 1 aromatic carbocycles. The number of amides is 1. The fraction of sp³-hybridized carbons (Fsp3) is 0.474. The number of halogens is 3. The summed E-state index contributed by atoms with van der Waals surface area (Å²) in [5.41, 5.74) is 0.908. The van der Waals surface area contributed by atoms with E-state index in [2.05, 4.69) is 15.7 Å². The van der Waals surface area contributed by atoms with Crippen LogP contribution in [0.1, 0.15) is 37.7 Å². The average Bonchev–Trinajstić information content (AvgIpc) is 3.16. The van der Waals surface area contributed by atoms with Crippen LogP contribution in [0.2, 0.25) is 10.0 Å². The summed E-state index contributed by atoms with van der Waals surface area (Å²) < 4.78 is 1.75. The smallest absolute Gasteiger partial charge is 0.225 e. The van der Waals surface area contributed by atoms with E-state index < -0.39 is 0 Å². The molecule has 2 bridgehead atoms. The van der Waals surface area contributed by atoms with Gasteiger partial charge in [0.2, 0.25) is 5.91 Å². The van der Waals surface area contributed by atoms with Crippen molar-refractivity contribution in [3.63, 3.8) is 0 Å². The Bertz CT molecular complexity index is 798. The Kier molecular flexibility index (Phi) is 6.69. The number of hydrogen-bond acceptors (Lipinski definition) is 3. The second-order valence-electron chi connectivity index (χ2n) is 7.34. The Balaban J connectivity index is 0.00000210. The zero-order valence-corrected chi connectivity index (χ0v) is 17.2. The quantitative estimate of drug-likeness (QED) is 0.734. The Hall–Kier alpha value is -1.27. The predicted molar refractivity (Wildman–Crippen MR) is 111 cm³/mol. The van der Waals surface area contributed by atoms with Crippen molar-refractivity contribution in [2.45, 2.75) is 50.7 Å². The summed E-state index contributed by atoms with van der Waals surface area (Å²) in [6.07, 6.45) is 6.95. The third-order valence-corrected chi connectivity index (χ3v) is 5.95. The van der Waals surface area contributed by atoms with Crippen molar-refractivity contribution in [1.29, 1.82) is 0 Å². The molecule has 2 atom stereocenters. The van der Waals surface area contributed by atoms with Crippen LogP contribution in [0, 0.1) is 5.92 Å². The van der Waals surface area contributed by atoms with Crippen molar-refractivity contribution >= 4 is 47.3 Å². The lowest BCUT2D eigenvalue weighted by molar-refractivity contribution is -0.117. The first-order chi connectivity index (χ1) is 12.6. The van der Waals surface area contributed by atoms with Gasteiger partial charge in [-0.3, -0.25) is 4.79 Å². The Labute approximate surface area is 175 Å². The van der Waals surface area contributed by atoms with Crippen molar-refractivity contribution < 1.29 is 4.79 Å². The van der Waals surface area contributed by atoms with Crippen molar-refractivity contribution in [2.75, 3.05) is 5.32 Å². The maximum absolute atomic E-state index is 12.5. The van der Waals surface area contributed by atoms with E-state index in [0.717, 1.165) is 18.4 Å². The third kappa shape index (κ3) is 4.96. The summed E-state index contributed by atoms with van der Waals surface area (Å²) in [6.45, 7) is 0.482. The van der Waals surface area contributed by atoms with Gasteiger partial charge in [0, 0.05) is 34.6 Å². The molecule has 2 N–H and O–H groups in total. The lowest BCUT2D eigenvalue weighted by Crippen LogP contribution is -2.39. The number of hydrogen-bond donors (Lipinski definition) is 2. The molecule has 1 amide bonds. The summed E-state index contributed by atoms with van der Waals surface area (Å²) in [6, 6.07) is 8.41. The van der Waals surface area contributed by atoms with E-state index in [-0.39, 0.29) is 18.3 Å². The zero-order valence-electron chi connectivity index (χ0n) is 14.8. The van der Waals surface area contributed by atoms with Crippen LogP contribution in [-0.2, 0) is 11.3 Å². The van der Waals surface area contributed by atoms with Gasteiger partial charge in [-0.1, -0.05) is 29.3 Å². The van der Waals surface area contributed by atoms with Gasteiger partial charge >= 0.3 is 0 Å². The molecule has 8 heteroatoms. The van der Waals surface area contributed by atoms with Crippen molar-refractivity contribution in [3.8, 4) is 0 Å². The number of nitrogens with one attached hydrogen (secondary N) is 2. The van der Waals surface area contributed by atoms with Crippen LogP contribution in [0.25, 0.3) is 0 Å². The molecule has 146 valence electrons. The van der Waals surface area contributed by atoms with E-state index >= 15 is 0 Å². The van der Waals surface area contributed by atoms with Crippen molar-refractivity contribution in [3.05, 3.63) is 46.1 Å². The fourth-order valence-corrected chi connectivity index (χ4v) is 4.64. The van der Waals surface area contributed by atoms with Crippen LogP contribution in [0.5, 0.6) is 0 Å². The molecule has 2 fully saturated rings. The lowest BCUT2D eigenvalue weighted by Gasteiger charge is -2.28. The highest BCUT2D eigenvalue weighted by atomic mass is 35.5. The number of fused-ring (bicyclic) bond motifs is 2. The zero-order chi connectivity index (χ0) is 18.1. The Morgan fingerprint density at radius 2 is 1.96 bits per heavy atom. The van der Waals surface area contributed by atoms with Gasteiger partial charge in [0.05, 0.1) is 12.7 Å². The van der Waals surface area contributed by atoms with Gasteiger partial charge in [0.1, 0.15) is 5.82 Å². The van der Waals surface area contributed by atoms with Crippen LogP contribution in [0.4, 0.5) is 5.82 Å². The summed E-state index contributed by atoms with van der Waals surface area (Å²) in [5, 5.41) is 12.1. The number of aromatic nitrogens is 2. The maximum Gasteiger partial charge on any atom is 0.225 e. The highest BCUT2D eigenvalue weighted by Crippen LogP contribution is 2.32. The minimum Gasteiger partial charge on any atom is -0.311 e. The van der Waals surface area contributed by atoms with Crippen LogP contribution in [-0.4, -0.2) is 27.8 Å². The Morgan fingerprint density at radius 1 is 1.22 bits per heavy atom. The highest BCUT2D eigenvalue weighted by Gasteiger charge is 2.34. The second kappa shape index (κ2) is 8.82. The summed E-state index contributed by atoms with van der Waals surface area (Å²) in [5.74, 6) is 1.22. The first kappa shape index (κ1) is 20.5. The summed E-state index contributed by atoms with van der Waals surface area (Å²) in [4.78, 5) is 12.5. The molecular formula is C19H23Cl3N4O. The van der Waals surface area contributed by atoms with Gasteiger partial charge in [-0.25, -0.2) is 4.68 Å². The van der Waals surface area contributed by atoms with E-state index in [4.69, 9.17) is 23.2 Å². The predicted octanol–water partition coefficient (Wildman–Crippen LogP) is 4.52. The van der Waals surface area contributed by atoms with E-state index in [9.17, 15) is 4.79 Å². The SMILES string of the molecule is Cl.O=C(CC1CC2CCC(C1)N2)Nc1ccnn1Cc1ccc(Cl)cc1Cl. The van der Waals surface area contributed by atoms with Crippen LogP contribution in [0.15, 0.2) is 30.5 Å². The number of carbonyl (C=O) groups excluding carboxylic acids is 1. The first-order valence-corrected chi connectivity index (χ1v) is 9.84. The minimum atomic E-state index is 0. The molecule has 2 saturated heterocycles. The molecule has 2 aliphatic heterocycles. The fourth-order valence-electron chi connectivity index (χ4n) is 4.17. The number of rotatable bonds is 5. The number of carbonyl (C=O) groups is 1. The van der Waals surface area contributed by atoms with Gasteiger partial charge in [-0.15, -0.1) is 12.4 Å². The van der Waals surface area contributed by atoms with E-state index in [1.54, 1.807) is 23.0 Å². The molecule has 0 saturated carbocycles. The molecule has 0 aliphatic carbocycles. The number of nitrogens with zero attached hydrogens (tertiary/aromatic N) is 2. The molecule has 0 spiro atoms. The summed E-state index contributed by atoms with van der Waals surface area (Å²) >= 11 is 12.2. The van der Waals surface area contributed by atoms with E-state index in [1.807, 2.05) is 12.1 Å². The van der Waals surface area contributed by atoms with Gasteiger partial charge in [0.15, 0.2) is 0 Å². The topological polar surface area (TPSA) is 59.0 Å². The normalized spacial score (nSPS) is 23.7. The molecule has 27 heavy (non-hydrogen) atoms. The summed E-state index contributed by atoms with van der Waals surface area (Å²) in [7, 11) is 0. The van der Waals surface area contributed by atoms with Crippen LogP contribution in [0.3, 0.4) is 0 Å². The lowest BCUT2D eigenvalue weighted by atomic mass is 9.89. The first-order valence-electron chi connectivity index (χ1n) is 9.08. The molecule has 4 rings (SSSR count).